The number of piperidine rings is 3. The van der Waals surface area contributed by atoms with E-state index in [0.29, 0.717) is 11.8 Å². The van der Waals surface area contributed by atoms with E-state index in [-0.39, 0.29) is 11.8 Å². The zero-order chi connectivity index (χ0) is 16.0. The van der Waals surface area contributed by atoms with Gasteiger partial charge in [-0.05, 0) is 61.1 Å². The lowest BCUT2D eigenvalue weighted by Crippen LogP contribution is -2.54. The summed E-state index contributed by atoms with van der Waals surface area (Å²) in [6.45, 7) is 5.99. The number of aromatic nitrogens is 1. The van der Waals surface area contributed by atoms with Crippen molar-refractivity contribution < 1.29 is 10.2 Å². The quantitative estimate of drug-likeness (QED) is 0.856. The van der Waals surface area contributed by atoms with E-state index in [9.17, 15) is 10.2 Å². The molecule has 2 bridgehead atoms. The highest BCUT2D eigenvalue weighted by Crippen LogP contribution is 2.42. The molecule has 3 aliphatic heterocycles. The molecule has 3 fully saturated rings. The van der Waals surface area contributed by atoms with Gasteiger partial charge >= 0.3 is 0 Å². The molecule has 1 unspecified atom stereocenters. The van der Waals surface area contributed by atoms with Crippen molar-refractivity contribution in [3.8, 4) is 5.75 Å². The monoisotopic (exact) mass is 310 g/mol. The lowest BCUT2D eigenvalue weighted by Gasteiger charge is -2.50. The molecule has 0 aliphatic carbocycles. The van der Waals surface area contributed by atoms with Crippen LogP contribution in [0.3, 0.4) is 0 Å². The standard InChI is InChI=1S/C19H22N2O2/c1-2-12-11-21-8-6-13(12)9-18(21)19(23)15-5-7-20-17-4-3-14(22)10-16(15)17/h2-5,7,10,12-13,18-19,22-23H,1,6,8-9,11H2/t12-,13-,18-,19-/m1/s1. The SMILES string of the molecule is C=C[C@@H]1CN2CC[C@@H]1C[C@@H]2[C@H](O)c1ccnc2ccc(O)cc12. The third-order valence-electron chi connectivity index (χ3n) is 5.60. The Hall–Kier alpha value is -1.91. The van der Waals surface area contributed by atoms with Crippen LogP contribution in [0.25, 0.3) is 10.9 Å². The van der Waals surface area contributed by atoms with Gasteiger partial charge in [0.2, 0.25) is 0 Å². The number of aliphatic hydroxyl groups excluding tert-OH is 1. The largest absolute Gasteiger partial charge is 0.508 e. The van der Waals surface area contributed by atoms with E-state index in [4.69, 9.17) is 0 Å². The highest BCUT2D eigenvalue weighted by molar-refractivity contribution is 5.83. The number of hydrogen-bond acceptors (Lipinski definition) is 4. The molecular formula is C19H22N2O2. The van der Waals surface area contributed by atoms with E-state index in [1.54, 1.807) is 24.4 Å². The van der Waals surface area contributed by atoms with E-state index in [2.05, 4.69) is 22.5 Å². The second-order valence-corrected chi connectivity index (χ2v) is 6.79. The molecule has 3 aliphatic rings. The van der Waals surface area contributed by atoms with Crippen LogP contribution in [0.15, 0.2) is 43.1 Å². The van der Waals surface area contributed by atoms with Crippen LogP contribution in [0.5, 0.6) is 5.75 Å². The van der Waals surface area contributed by atoms with Crippen molar-refractivity contribution in [1.29, 1.82) is 0 Å². The molecule has 0 saturated carbocycles. The van der Waals surface area contributed by atoms with Gasteiger partial charge in [0.15, 0.2) is 0 Å². The summed E-state index contributed by atoms with van der Waals surface area (Å²) in [4.78, 5) is 6.73. The van der Waals surface area contributed by atoms with Gasteiger partial charge in [-0.15, -0.1) is 6.58 Å². The lowest BCUT2D eigenvalue weighted by molar-refractivity contribution is -0.0444. The topological polar surface area (TPSA) is 56.6 Å². The Kier molecular flexibility index (Phi) is 3.58. The number of fused-ring (bicyclic) bond motifs is 4. The predicted octanol–water partition coefficient (Wildman–Crippen LogP) is 2.87. The Morgan fingerprint density at radius 3 is 2.96 bits per heavy atom. The maximum Gasteiger partial charge on any atom is 0.116 e. The molecule has 3 saturated heterocycles. The number of phenols is 1. The van der Waals surface area contributed by atoms with E-state index in [1.807, 2.05) is 6.07 Å². The number of aromatic hydroxyl groups is 1. The number of benzene rings is 1. The lowest BCUT2D eigenvalue weighted by atomic mass is 9.73. The predicted molar refractivity (Wildman–Crippen MR) is 90.1 cm³/mol. The van der Waals surface area contributed by atoms with Crippen molar-refractivity contribution in [3.63, 3.8) is 0 Å². The van der Waals surface area contributed by atoms with Crippen LogP contribution in [-0.4, -0.2) is 39.2 Å². The summed E-state index contributed by atoms with van der Waals surface area (Å²) in [6, 6.07) is 7.14. The molecule has 4 nitrogen and oxygen atoms in total. The maximum absolute atomic E-state index is 11.0. The van der Waals surface area contributed by atoms with Crippen LogP contribution in [0.4, 0.5) is 0 Å². The normalized spacial score (nSPS) is 31.2. The fraction of sp³-hybridized carbons (Fsp3) is 0.421. The van der Waals surface area contributed by atoms with Gasteiger partial charge in [-0.2, -0.15) is 0 Å². The molecule has 1 aromatic carbocycles. The van der Waals surface area contributed by atoms with E-state index >= 15 is 0 Å². The molecule has 0 radical (unpaired) electrons. The maximum atomic E-state index is 11.0. The number of pyridine rings is 1. The van der Waals surface area contributed by atoms with Crippen molar-refractivity contribution in [2.45, 2.75) is 25.0 Å². The minimum Gasteiger partial charge on any atom is -0.508 e. The minimum absolute atomic E-state index is 0.137. The summed E-state index contributed by atoms with van der Waals surface area (Å²) in [5, 5.41) is 21.7. The van der Waals surface area contributed by atoms with E-state index in [1.165, 1.54) is 6.42 Å². The molecule has 0 amide bonds. The zero-order valence-corrected chi connectivity index (χ0v) is 13.1. The Morgan fingerprint density at radius 1 is 1.35 bits per heavy atom. The van der Waals surface area contributed by atoms with Crippen molar-refractivity contribution >= 4 is 10.9 Å². The molecule has 1 aromatic heterocycles. The van der Waals surface area contributed by atoms with Gasteiger partial charge in [0.25, 0.3) is 0 Å². The molecule has 4 heterocycles. The van der Waals surface area contributed by atoms with Gasteiger partial charge in [0, 0.05) is 24.2 Å². The zero-order valence-electron chi connectivity index (χ0n) is 13.1. The van der Waals surface area contributed by atoms with Crippen LogP contribution in [0, 0.1) is 11.8 Å². The number of rotatable bonds is 3. The summed E-state index contributed by atoms with van der Waals surface area (Å²) < 4.78 is 0. The van der Waals surface area contributed by atoms with Crippen molar-refractivity contribution in [2.24, 2.45) is 11.8 Å². The molecule has 120 valence electrons. The first kappa shape index (κ1) is 14.7. The second kappa shape index (κ2) is 5.62. The van der Waals surface area contributed by atoms with Gasteiger partial charge in [0.1, 0.15) is 5.75 Å². The summed E-state index contributed by atoms with van der Waals surface area (Å²) in [7, 11) is 0. The highest BCUT2D eigenvalue weighted by atomic mass is 16.3. The van der Waals surface area contributed by atoms with Crippen LogP contribution in [0.1, 0.15) is 24.5 Å². The minimum atomic E-state index is -0.559. The number of hydrogen-bond donors (Lipinski definition) is 2. The molecular weight excluding hydrogens is 288 g/mol. The van der Waals surface area contributed by atoms with Gasteiger partial charge in [-0.1, -0.05) is 6.08 Å². The van der Waals surface area contributed by atoms with Crippen molar-refractivity contribution in [3.05, 3.63) is 48.7 Å². The van der Waals surface area contributed by atoms with Crippen LogP contribution in [0.2, 0.25) is 0 Å². The first-order valence-corrected chi connectivity index (χ1v) is 8.29. The Balaban J connectivity index is 1.69. The third kappa shape index (κ3) is 2.42. The third-order valence-corrected chi connectivity index (χ3v) is 5.60. The summed E-state index contributed by atoms with van der Waals surface area (Å²) >= 11 is 0. The average Bonchev–Trinajstić information content (AvgIpc) is 2.60. The Morgan fingerprint density at radius 2 is 2.22 bits per heavy atom. The molecule has 2 N–H and O–H groups in total. The smallest absolute Gasteiger partial charge is 0.116 e. The van der Waals surface area contributed by atoms with Gasteiger partial charge in [-0.3, -0.25) is 9.88 Å². The van der Waals surface area contributed by atoms with Gasteiger partial charge < -0.3 is 10.2 Å². The first-order chi connectivity index (χ1) is 11.2. The molecule has 2 aromatic rings. The van der Waals surface area contributed by atoms with Crippen LogP contribution >= 0.6 is 0 Å². The van der Waals surface area contributed by atoms with Crippen LogP contribution < -0.4 is 0 Å². The van der Waals surface area contributed by atoms with Crippen molar-refractivity contribution in [1.82, 2.24) is 9.88 Å². The Bertz CT molecular complexity index is 745. The average molecular weight is 310 g/mol. The number of aliphatic hydroxyl groups is 1. The van der Waals surface area contributed by atoms with Gasteiger partial charge in [0.05, 0.1) is 11.6 Å². The number of phenolic OH excluding ortho intramolecular Hbond substituents is 1. The molecule has 5 atom stereocenters. The summed E-state index contributed by atoms with van der Waals surface area (Å²) in [5.74, 6) is 1.38. The Labute approximate surface area is 136 Å². The number of nitrogens with zero attached hydrogens (tertiary/aromatic N) is 2. The van der Waals surface area contributed by atoms with Crippen LogP contribution in [-0.2, 0) is 0 Å². The van der Waals surface area contributed by atoms with Crippen molar-refractivity contribution in [2.75, 3.05) is 13.1 Å². The molecule has 23 heavy (non-hydrogen) atoms. The fourth-order valence-corrected chi connectivity index (χ4v) is 4.33. The molecule has 0 spiro atoms. The fourth-order valence-electron chi connectivity index (χ4n) is 4.33. The highest BCUT2D eigenvalue weighted by Gasteiger charge is 2.42. The summed E-state index contributed by atoms with van der Waals surface area (Å²) in [6.07, 6.45) is 5.44. The molecule has 4 heteroatoms. The molecule has 5 rings (SSSR count). The van der Waals surface area contributed by atoms with Gasteiger partial charge in [-0.25, -0.2) is 0 Å². The van der Waals surface area contributed by atoms with E-state index in [0.717, 1.165) is 36.0 Å². The second-order valence-electron chi connectivity index (χ2n) is 6.79. The first-order valence-electron chi connectivity index (χ1n) is 8.29. The summed E-state index contributed by atoms with van der Waals surface area (Å²) in [5.41, 5.74) is 1.66. The van der Waals surface area contributed by atoms with E-state index < -0.39 is 6.10 Å².